The SMILES string of the molecule is Cn1cnc2c(NCc3ccc([N+](=O)[O-])c([N+](=O)[O-])c3)nccc21. The summed E-state index contributed by atoms with van der Waals surface area (Å²) in [5.41, 5.74) is 1.03. The van der Waals surface area contributed by atoms with Crippen LogP contribution in [0.5, 0.6) is 0 Å². The lowest BCUT2D eigenvalue weighted by Crippen LogP contribution is -2.04. The molecule has 0 aliphatic heterocycles. The van der Waals surface area contributed by atoms with Gasteiger partial charge in [0, 0.05) is 31.9 Å². The molecule has 3 aromatic rings. The van der Waals surface area contributed by atoms with Crippen molar-refractivity contribution in [2.75, 3.05) is 5.32 Å². The Bertz CT molecular complexity index is 952. The Morgan fingerprint density at radius 2 is 1.88 bits per heavy atom. The first-order chi connectivity index (χ1) is 11.5. The molecule has 1 N–H and O–H groups in total. The highest BCUT2D eigenvalue weighted by Gasteiger charge is 2.24. The number of hydrogen-bond donors (Lipinski definition) is 1. The number of benzene rings is 1. The number of nitrogens with one attached hydrogen (secondary N) is 1. The molecule has 0 aliphatic carbocycles. The van der Waals surface area contributed by atoms with E-state index in [2.05, 4.69) is 15.3 Å². The molecular formula is C14H12N6O4. The lowest BCUT2D eigenvalue weighted by Gasteiger charge is -2.06. The van der Waals surface area contributed by atoms with Gasteiger partial charge in [-0.2, -0.15) is 0 Å². The van der Waals surface area contributed by atoms with Crippen LogP contribution in [0.25, 0.3) is 11.0 Å². The van der Waals surface area contributed by atoms with Crippen molar-refractivity contribution in [3.8, 4) is 0 Å². The molecule has 0 spiro atoms. The Balaban J connectivity index is 1.87. The van der Waals surface area contributed by atoms with Gasteiger partial charge in [0.15, 0.2) is 5.82 Å². The Labute approximate surface area is 135 Å². The molecule has 0 amide bonds. The van der Waals surface area contributed by atoms with Crippen LogP contribution in [0.4, 0.5) is 17.2 Å². The van der Waals surface area contributed by atoms with Crippen LogP contribution in [0, 0.1) is 20.2 Å². The molecule has 0 radical (unpaired) electrons. The van der Waals surface area contributed by atoms with E-state index >= 15 is 0 Å². The Morgan fingerprint density at radius 3 is 2.58 bits per heavy atom. The van der Waals surface area contributed by atoms with Gasteiger partial charge in [-0.3, -0.25) is 20.2 Å². The third kappa shape index (κ3) is 2.72. The van der Waals surface area contributed by atoms with E-state index in [9.17, 15) is 20.2 Å². The molecule has 0 bridgehead atoms. The highest BCUT2D eigenvalue weighted by molar-refractivity contribution is 5.85. The number of imidazole rings is 1. The third-order valence-corrected chi connectivity index (χ3v) is 3.54. The van der Waals surface area contributed by atoms with Crippen LogP contribution >= 0.6 is 0 Å². The van der Waals surface area contributed by atoms with Gasteiger partial charge >= 0.3 is 11.4 Å². The predicted molar refractivity (Wildman–Crippen MR) is 85.6 cm³/mol. The van der Waals surface area contributed by atoms with E-state index in [1.54, 1.807) is 12.5 Å². The van der Waals surface area contributed by atoms with Crippen molar-refractivity contribution < 1.29 is 9.85 Å². The average molecular weight is 328 g/mol. The number of fused-ring (bicyclic) bond motifs is 1. The van der Waals surface area contributed by atoms with Crippen LogP contribution in [-0.2, 0) is 13.6 Å². The minimum absolute atomic E-state index is 0.224. The van der Waals surface area contributed by atoms with Gasteiger partial charge in [0.2, 0.25) is 0 Å². The van der Waals surface area contributed by atoms with E-state index in [1.807, 2.05) is 17.7 Å². The second-order valence-electron chi connectivity index (χ2n) is 5.07. The summed E-state index contributed by atoms with van der Waals surface area (Å²) < 4.78 is 1.85. The van der Waals surface area contributed by atoms with Gasteiger partial charge in [-0.15, -0.1) is 0 Å². The number of nitro benzene ring substituents is 2. The number of aryl methyl sites for hydroxylation is 1. The molecule has 122 valence electrons. The van der Waals surface area contributed by atoms with Crippen LogP contribution in [0.2, 0.25) is 0 Å². The average Bonchev–Trinajstić information content (AvgIpc) is 2.94. The van der Waals surface area contributed by atoms with Crippen LogP contribution in [0.3, 0.4) is 0 Å². The largest absolute Gasteiger partial charge is 0.364 e. The van der Waals surface area contributed by atoms with Crippen LogP contribution in [0.15, 0.2) is 36.8 Å². The van der Waals surface area contributed by atoms with Crippen LogP contribution in [0.1, 0.15) is 5.56 Å². The monoisotopic (exact) mass is 328 g/mol. The maximum atomic E-state index is 11.0. The Hall–Kier alpha value is -3.56. The van der Waals surface area contributed by atoms with Crippen molar-refractivity contribution in [1.29, 1.82) is 0 Å². The van der Waals surface area contributed by atoms with Gasteiger partial charge < -0.3 is 9.88 Å². The van der Waals surface area contributed by atoms with Crippen molar-refractivity contribution in [3.05, 3.63) is 62.6 Å². The first kappa shape index (κ1) is 15.3. The molecule has 24 heavy (non-hydrogen) atoms. The van der Waals surface area contributed by atoms with Gasteiger partial charge in [-0.05, 0) is 17.7 Å². The molecule has 3 rings (SSSR count). The van der Waals surface area contributed by atoms with Crippen LogP contribution < -0.4 is 5.32 Å². The minimum Gasteiger partial charge on any atom is -0.364 e. The molecule has 0 saturated carbocycles. The highest BCUT2D eigenvalue weighted by atomic mass is 16.6. The summed E-state index contributed by atoms with van der Waals surface area (Å²) in [5, 5.41) is 24.9. The fraction of sp³-hybridized carbons (Fsp3) is 0.143. The normalized spacial score (nSPS) is 10.7. The second kappa shape index (κ2) is 5.91. The first-order valence-corrected chi connectivity index (χ1v) is 6.89. The predicted octanol–water partition coefficient (Wildman–Crippen LogP) is 2.40. The summed E-state index contributed by atoms with van der Waals surface area (Å²) in [7, 11) is 1.86. The van der Waals surface area contributed by atoms with E-state index in [0.717, 1.165) is 11.6 Å². The van der Waals surface area contributed by atoms with Crippen molar-refractivity contribution in [2.45, 2.75) is 6.54 Å². The molecule has 0 unspecified atom stereocenters. The van der Waals surface area contributed by atoms with E-state index in [-0.39, 0.29) is 6.54 Å². The van der Waals surface area contributed by atoms with Gasteiger partial charge in [0.25, 0.3) is 0 Å². The number of nitro groups is 2. The van der Waals surface area contributed by atoms with Crippen LogP contribution in [-0.4, -0.2) is 24.4 Å². The van der Waals surface area contributed by atoms with Gasteiger partial charge in [-0.25, -0.2) is 9.97 Å². The molecule has 0 atom stereocenters. The van der Waals surface area contributed by atoms with E-state index in [0.29, 0.717) is 16.9 Å². The van der Waals surface area contributed by atoms with Gasteiger partial charge in [0.1, 0.15) is 5.52 Å². The number of pyridine rings is 1. The molecule has 10 nitrogen and oxygen atoms in total. The number of nitrogens with zero attached hydrogens (tertiary/aromatic N) is 5. The summed E-state index contributed by atoms with van der Waals surface area (Å²) in [5.74, 6) is 0.536. The third-order valence-electron chi connectivity index (χ3n) is 3.54. The molecule has 2 aromatic heterocycles. The zero-order valence-electron chi connectivity index (χ0n) is 12.5. The summed E-state index contributed by atoms with van der Waals surface area (Å²) in [6.07, 6.45) is 3.29. The topological polar surface area (TPSA) is 129 Å². The fourth-order valence-corrected chi connectivity index (χ4v) is 2.36. The van der Waals surface area contributed by atoms with Crippen molar-refractivity contribution in [3.63, 3.8) is 0 Å². The van der Waals surface area contributed by atoms with Crippen molar-refractivity contribution >= 4 is 28.2 Å². The quantitative estimate of drug-likeness (QED) is 0.562. The standard InChI is InChI=1S/C14H12N6O4/c1-18-8-17-13-11(18)4-5-15-14(13)16-7-9-2-3-10(19(21)22)12(6-9)20(23)24/h2-6,8H,7H2,1H3,(H,15,16). The second-order valence-corrected chi connectivity index (χ2v) is 5.07. The van der Waals surface area contributed by atoms with Gasteiger partial charge in [0.05, 0.1) is 21.7 Å². The van der Waals surface area contributed by atoms with E-state index < -0.39 is 21.2 Å². The van der Waals surface area contributed by atoms with Gasteiger partial charge in [-0.1, -0.05) is 0 Å². The highest BCUT2D eigenvalue weighted by Crippen LogP contribution is 2.28. The van der Waals surface area contributed by atoms with Crippen molar-refractivity contribution in [2.24, 2.45) is 7.05 Å². The summed E-state index contributed by atoms with van der Waals surface area (Å²) in [6.45, 7) is 0.224. The summed E-state index contributed by atoms with van der Waals surface area (Å²) in [6, 6.07) is 5.61. The molecule has 0 saturated heterocycles. The molecule has 2 heterocycles. The number of anilines is 1. The van der Waals surface area contributed by atoms with E-state index in [4.69, 9.17) is 0 Å². The molecular weight excluding hydrogens is 316 g/mol. The first-order valence-electron chi connectivity index (χ1n) is 6.89. The fourth-order valence-electron chi connectivity index (χ4n) is 2.36. The zero-order valence-corrected chi connectivity index (χ0v) is 12.5. The maximum Gasteiger partial charge on any atom is 0.346 e. The lowest BCUT2D eigenvalue weighted by molar-refractivity contribution is -0.422. The maximum absolute atomic E-state index is 11.0. The zero-order chi connectivity index (χ0) is 17.3. The number of aromatic nitrogens is 3. The Kier molecular flexibility index (Phi) is 3.78. The number of hydrogen-bond acceptors (Lipinski definition) is 7. The number of rotatable bonds is 5. The molecule has 1 aromatic carbocycles. The van der Waals surface area contributed by atoms with E-state index in [1.165, 1.54) is 12.1 Å². The summed E-state index contributed by atoms with van der Waals surface area (Å²) in [4.78, 5) is 28.7. The summed E-state index contributed by atoms with van der Waals surface area (Å²) >= 11 is 0. The molecule has 10 heteroatoms. The molecule has 0 fully saturated rings. The lowest BCUT2D eigenvalue weighted by atomic mass is 10.1. The minimum atomic E-state index is -0.772. The van der Waals surface area contributed by atoms with Crippen molar-refractivity contribution in [1.82, 2.24) is 14.5 Å². The smallest absolute Gasteiger partial charge is 0.346 e. The Morgan fingerprint density at radius 1 is 1.12 bits per heavy atom. The molecule has 0 aliphatic rings.